The van der Waals surface area contributed by atoms with Gasteiger partial charge in [0.25, 0.3) is 5.91 Å². The minimum Gasteiger partial charge on any atom is -0.349 e. The normalized spacial score (nSPS) is 13.6. The number of hydrogen-bond acceptors (Lipinski definition) is 2. The van der Waals surface area contributed by atoms with Crippen LogP contribution in [0.15, 0.2) is 54.7 Å². The van der Waals surface area contributed by atoms with E-state index >= 15 is 0 Å². The summed E-state index contributed by atoms with van der Waals surface area (Å²) in [7, 11) is 0. The molecule has 1 N–H and O–H groups in total. The topological polar surface area (TPSA) is 46.9 Å². The summed E-state index contributed by atoms with van der Waals surface area (Å²) in [6, 6.07) is 16.0. The van der Waals surface area contributed by atoms with Crippen LogP contribution in [-0.2, 0) is 19.3 Å². The van der Waals surface area contributed by atoms with Crippen LogP contribution in [0.1, 0.15) is 40.5 Å². The van der Waals surface area contributed by atoms with Crippen molar-refractivity contribution < 1.29 is 4.79 Å². The molecule has 2 aromatic carbocycles. The van der Waals surface area contributed by atoms with Crippen molar-refractivity contribution in [1.29, 1.82) is 0 Å². The molecule has 0 bridgehead atoms. The second-order valence-corrected chi connectivity index (χ2v) is 7.43. The highest BCUT2D eigenvalue weighted by atomic mass is 35.5. The van der Waals surface area contributed by atoms with Crippen LogP contribution < -0.4 is 5.32 Å². The second kappa shape index (κ2) is 7.57. The summed E-state index contributed by atoms with van der Waals surface area (Å²) in [4.78, 5) is 13.0. The number of benzene rings is 2. The first-order valence-electron chi connectivity index (χ1n) is 9.36. The molecule has 1 aromatic heterocycles. The van der Waals surface area contributed by atoms with Crippen LogP contribution >= 0.6 is 11.6 Å². The summed E-state index contributed by atoms with van der Waals surface area (Å²) >= 11 is 6.00. The summed E-state index contributed by atoms with van der Waals surface area (Å²) in [5, 5.41) is 8.37. The van der Waals surface area contributed by atoms with Gasteiger partial charge in [0.05, 0.1) is 23.1 Å². The Balaban J connectivity index is 1.56. The molecule has 0 aliphatic heterocycles. The summed E-state index contributed by atoms with van der Waals surface area (Å²) < 4.78 is 1.85. The predicted molar refractivity (Wildman–Crippen MR) is 108 cm³/mol. The first-order valence-corrected chi connectivity index (χ1v) is 9.74. The number of carbonyl (C=O) groups is 1. The first-order chi connectivity index (χ1) is 13.2. The summed E-state index contributed by atoms with van der Waals surface area (Å²) in [5.74, 6) is -0.0449. The largest absolute Gasteiger partial charge is 0.349 e. The van der Waals surface area contributed by atoms with Gasteiger partial charge in [-0.15, -0.1) is 0 Å². The number of amides is 1. The highest BCUT2D eigenvalue weighted by molar-refractivity contribution is 6.30. The number of aromatic nitrogens is 2. The van der Waals surface area contributed by atoms with Gasteiger partial charge in [-0.2, -0.15) is 5.10 Å². The lowest BCUT2D eigenvalue weighted by atomic mass is 10.1. The predicted octanol–water partition coefficient (Wildman–Crippen LogP) is 4.38. The number of nitrogens with zero attached hydrogens (tertiary/aromatic N) is 2. The van der Waals surface area contributed by atoms with Gasteiger partial charge in [0, 0.05) is 11.1 Å². The number of halogens is 1. The molecule has 1 heterocycles. The van der Waals surface area contributed by atoms with Gasteiger partial charge in [-0.25, -0.2) is 4.68 Å². The third kappa shape index (κ3) is 3.62. The molecule has 3 aromatic rings. The van der Waals surface area contributed by atoms with Gasteiger partial charge >= 0.3 is 0 Å². The minimum absolute atomic E-state index is 0.0449. The van der Waals surface area contributed by atoms with Crippen LogP contribution in [0.2, 0.25) is 5.02 Å². The average molecular weight is 380 g/mol. The van der Waals surface area contributed by atoms with Crippen molar-refractivity contribution in [3.05, 3.63) is 82.1 Å². The molecule has 0 saturated carbocycles. The Labute approximate surface area is 164 Å². The van der Waals surface area contributed by atoms with E-state index in [1.165, 1.54) is 11.1 Å². The van der Waals surface area contributed by atoms with E-state index in [1.54, 1.807) is 6.20 Å². The van der Waals surface area contributed by atoms with E-state index in [0.717, 1.165) is 37.1 Å². The van der Waals surface area contributed by atoms with E-state index in [0.29, 0.717) is 10.6 Å². The Hall–Kier alpha value is -2.59. The molecule has 1 aliphatic rings. The van der Waals surface area contributed by atoms with Gasteiger partial charge in [-0.05, 0) is 54.7 Å². The van der Waals surface area contributed by atoms with Crippen molar-refractivity contribution in [2.24, 2.45) is 0 Å². The van der Waals surface area contributed by atoms with E-state index in [9.17, 15) is 4.79 Å². The number of fused-ring (bicyclic) bond motifs is 1. The molecule has 27 heavy (non-hydrogen) atoms. The highest BCUT2D eigenvalue weighted by Crippen LogP contribution is 2.23. The molecule has 1 aliphatic carbocycles. The smallest absolute Gasteiger partial charge is 0.255 e. The molecular formula is C22H22ClN3O. The van der Waals surface area contributed by atoms with Gasteiger partial charge in [0.1, 0.15) is 0 Å². The molecule has 4 nitrogen and oxygen atoms in total. The molecule has 0 radical (unpaired) electrons. The lowest BCUT2D eigenvalue weighted by Crippen LogP contribution is -2.35. The van der Waals surface area contributed by atoms with Gasteiger partial charge in [-0.3, -0.25) is 4.79 Å². The minimum atomic E-state index is -0.0449. The van der Waals surface area contributed by atoms with Crippen LogP contribution in [-0.4, -0.2) is 21.7 Å². The molecular weight excluding hydrogens is 358 g/mol. The zero-order chi connectivity index (χ0) is 18.8. The van der Waals surface area contributed by atoms with Crippen molar-refractivity contribution in [2.75, 3.05) is 0 Å². The van der Waals surface area contributed by atoms with Crippen molar-refractivity contribution in [1.82, 2.24) is 15.1 Å². The van der Waals surface area contributed by atoms with Crippen molar-refractivity contribution in [3.63, 3.8) is 0 Å². The zero-order valence-electron chi connectivity index (χ0n) is 15.3. The monoisotopic (exact) mass is 379 g/mol. The van der Waals surface area contributed by atoms with Crippen LogP contribution in [0.5, 0.6) is 0 Å². The third-order valence-electron chi connectivity index (χ3n) is 5.06. The Bertz CT molecular complexity index is 937. The van der Waals surface area contributed by atoms with E-state index in [4.69, 9.17) is 11.6 Å². The number of carbonyl (C=O) groups excluding carboxylic acids is 1. The lowest BCUT2D eigenvalue weighted by molar-refractivity contribution is 0.0937. The second-order valence-electron chi connectivity index (χ2n) is 6.99. The number of nitrogens with one attached hydrogen (secondary N) is 1. The van der Waals surface area contributed by atoms with E-state index in [1.807, 2.05) is 28.9 Å². The molecule has 5 heteroatoms. The van der Waals surface area contributed by atoms with Crippen LogP contribution in [0.25, 0.3) is 5.69 Å². The van der Waals surface area contributed by atoms with Gasteiger partial charge in [-0.1, -0.05) is 49.2 Å². The summed E-state index contributed by atoms with van der Waals surface area (Å²) in [6.45, 7) is 2.11. The first kappa shape index (κ1) is 17.8. The highest BCUT2D eigenvalue weighted by Gasteiger charge is 2.25. The van der Waals surface area contributed by atoms with E-state index in [-0.39, 0.29) is 11.9 Å². The summed E-state index contributed by atoms with van der Waals surface area (Å²) in [6.07, 6.45) is 5.18. The number of rotatable bonds is 5. The standard InChI is InChI=1S/C22H22ClN3O/c1-2-5-21-20(14-24-26(21)19-10-8-17(23)9-11-19)22(27)25-18-12-15-6-3-4-7-16(15)13-18/h3-4,6-11,14,18H,2,5,12-13H2,1H3,(H,25,27). The molecule has 0 spiro atoms. The fraction of sp³-hybridized carbons (Fsp3) is 0.273. The zero-order valence-corrected chi connectivity index (χ0v) is 16.0. The fourth-order valence-corrected chi connectivity index (χ4v) is 3.90. The maximum atomic E-state index is 13.0. The van der Waals surface area contributed by atoms with Gasteiger partial charge in [0.15, 0.2) is 0 Å². The Morgan fingerprint density at radius 1 is 1.15 bits per heavy atom. The van der Waals surface area contributed by atoms with Crippen LogP contribution in [0.4, 0.5) is 0 Å². The average Bonchev–Trinajstić information content (AvgIpc) is 3.26. The van der Waals surface area contributed by atoms with Crippen LogP contribution in [0, 0.1) is 0 Å². The molecule has 0 unspecified atom stereocenters. The van der Waals surface area contributed by atoms with Crippen molar-refractivity contribution >= 4 is 17.5 Å². The number of hydrogen-bond donors (Lipinski definition) is 1. The molecule has 0 saturated heterocycles. The lowest BCUT2D eigenvalue weighted by Gasteiger charge is -2.13. The SMILES string of the molecule is CCCc1c(C(=O)NC2Cc3ccccc3C2)cnn1-c1ccc(Cl)cc1. The Kier molecular flexibility index (Phi) is 4.99. The molecule has 0 fully saturated rings. The van der Waals surface area contributed by atoms with Crippen molar-refractivity contribution in [3.8, 4) is 5.69 Å². The van der Waals surface area contributed by atoms with Crippen LogP contribution in [0.3, 0.4) is 0 Å². The summed E-state index contributed by atoms with van der Waals surface area (Å²) in [5.41, 5.74) is 5.16. The molecule has 0 atom stereocenters. The fourth-order valence-electron chi connectivity index (χ4n) is 3.77. The molecule has 4 rings (SSSR count). The maximum Gasteiger partial charge on any atom is 0.255 e. The van der Waals surface area contributed by atoms with Gasteiger partial charge in [0.2, 0.25) is 0 Å². The van der Waals surface area contributed by atoms with E-state index < -0.39 is 0 Å². The quantitative estimate of drug-likeness (QED) is 0.715. The van der Waals surface area contributed by atoms with E-state index in [2.05, 4.69) is 41.6 Å². The Morgan fingerprint density at radius 3 is 2.44 bits per heavy atom. The molecule has 1 amide bonds. The third-order valence-corrected chi connectivity index (χ3v) is 5.31. The van der Waals surface area contributed by atoms with Gasteiger partial charge < -0.3 is 5.32 Å². The Morgan fingerprint density at radius 2 is 1.81 bits per heavy atom. The molecule has 138 valence electrons. The maximum absolute atomic E-state index is 13.0. The van der Waals surface area contributed by atoms with Crippen molar-refractivity contribution in [2.45, 2.75) is 38.6 Å².